The molecular weight excluding hydrogens is 861 g/mol. The number of benzene rings is 12. The maximum atomic E-state index is 7.31. The first-order chi connectivity index (χ1) is 35.1. The summed E-state index contributed by atoms with van der Waals surface area (Å²) < 4.78 is 9.76. The molecule has 1 unspecified atom stereocenters. The molecule has 0 fully saturated rings. The van der Waals surface area contributed by atoms with Crippen LogP contribution in [0.25, 0.3) is 92.9 Å². The number of rotatable bonds is 6. The summed E-state index contributed by atoms with van der Waals surface area (Å²) in [7, 11) is 0. The number of hydrogen-bond donors (Lipinski definition) is 0. The lowest BCUT2D eigenvalue weighted by Crippen LogP contribution is -2.29. The zero-order valence-electron chi connectivity index (χ0n) is 39.0. The number of hydrogen-bond acceptors (Lipinski definition) is 2. The van der Waals surface area contributed by atoms with Crippen LogP contribution in [0.15, 0.2) is 253 Å². The van der Waals surface area contributed by atoms with Gasteiger partial charge in [0.15, 0.2) is 0 Å². The average molecular weight is 905 g/mol. The van der Waals surface area contributed by atoms with Crippen molar-refractivity contribution < 1.29 is 4.42 Å². The van der Waals surface area contributed by atoms with E-state index < -0.39 is 5.41 Å². The second-order valence-electron chi connectivity index (χ2n) is 19.2. The van der Waals surface area contributed by atoms with Crippen LogP contribution in [0, 0.1) is 6.92 Å². The summed E-state index contributed by atoms with van der Waals surface area (Å²) in [5, 5.41) is 11.9. The minimum atomic E-state index is -0.713. The number of aryl methyl sites for hydroxylation is 1. The van der Waals surface area contributed by atoms with Crippen molar-refractivity contribution in [3.8, 4) is 16.8 Å². The largest absolute Gasteiger partial charge is 0.455 e. The maximum Gasteiger partial charge on any atom is 0.145 e. The molecule has 1 atom stereocenters. The van der Waals surface area contributed by atoms with Gasteiger partial charge in [-0.15, -0.1) is 0 Å². The average Bonchev–Trinajstić information content (AvgIpc) is 4.08. The Morgan fingerprint density at radius 1 is 0.408 bits per heavy atom. The number of aromatic nitrogens is 1. The summed E-state index contributed by atoms with van der Waals surface area (Å²) in [6.45, 7) is 2.16. The Labute approximate surface area is 410 Å². The van der Waals surface area contributed by atoms with Gasteiger partial charge in [-0.05, 0) is 122 Å². The molecule has 332 valence electrons. The van der Waals surface area contributed by atoms with Crippen molar-refractivity contribution in [2.75, 3.05) is 4.90 Å². The zero-order valence-corrected chi connectivity index (χ0v) is 39.0. The van der Waals surface area contributed by atoms with E-state index in [1.807, 2.05) is 0 Å². The highest BCUT2D eigenvalue weighted by molar-refractivity contribution is 6.20. The van der Waals surface area contributed by atoms with Gasteiger partial charge in [0, 0.05) is 38.5 Å². The summed E-state index contributed by atoms with van der Waals surface area (Å²) >= 11 is 0. The second kappa shape index (κ2) is 15.2. The highest BCUT2D eigenvalue weighted by Gasteiger charge is 2.48. The molecule has 0 N–H and O–H groups in total. The van der Waals surface area contributed by atoms with Crippen LogP contribution in [-0.4, -0.2) is 4.57 Å². The Kier molecular flexibility index (Phi) is 8.49. The quantitative estimate of drug-likeness (QED) is 0.155. The molecule has 2 aromatic heterocycles. The lowest BCUT2D eigenvalue weighted by molar-refractivity contribution is 0.669. The Balaban J connectivity index is 1.07. The third-order valence-corrected chi connectivity index (χ3v) is 15.5. The maximum absolute atomic E-state index is 7.31. The molecule has 0 spiro atoms. The van der Waals surface area contributed by atoms with E-state index >= 15 is 0 Å². The third kappa shape index (κ3) is 5.66. The number of nitrogens with zero attached hydrogens (tertiary/aromatic N) is 2. The van der Waals surface area contributed by atoms with Crippen LogP contribution in [0.3, 0.4) is 0 Å². The van der Waals surface area contributed by atoms with E-state index in [1.54, 1.807) is 0 Å². The number of furan rings is 1. The first-order valence-electron chi connectivity index (χ1n) is 24.6. The predicted molar refractivity (Wildman–Crippen MR) is 297 cm³/mol. The minimum absolute atomic E-state index is 0.713. The molecule has 0 radical (unpaired) electrons. The normalized spacial score (nSPS) is 14.3. The SMILES string of the molecule is Cc1ccc(N(c2ccc3c(c2)c2ccccc2n3-c2cccc3ccccc23)c2cc3c(c4oc5ccccc5c24)-c2ccccc2C3(c2ccccc2)c2ccc3ccc4ccccc4c3c2)cc1. The summed E-state index contributed by atoms with van der Waals surface area (Å²) in [5.41, 5.74) is 16.1. The molecule has 0 saturated carbocycles. The highest BCUT2D eigenvalue weighted by Crippen LogP contribution is 2.61. The van der Waals surface area contributed by atoms with E-state index in [0.29, 0.717) is 0 Å². The molecular formula is C68H44N2O. The smallest absolute Gasteiger partial charge is 0.145 e. The third-order valence-electron chi connectivity index (χ3n) is 15.5. The monoisotopic (exact) mass is 904 g/mol. The van der Waals surface area contributed by atoms with Gasteiger partial charge in [-0.2, -0.15) is 0 Å². The Hall–Kier alpha value is -9.18. The van der Waals surface area contributed by atoms with Crippen molar-refractivity contribution in [2.45, 2.75) is 12.3 Å². The van der Waals surface area contributed by atoms with Crippen molar-refractivity contribution in [3.63, 3.8) is 0 Å². The molecule has 1 aliphatic carbocycles. The van der Waals surface area contributed by atoms with Gasteiger partial charge in [0.2, 0.25) is 0 Å². The summed E-state index contributed by atoms with van der Waals surface area (Å²) in [5.74, 6) is 0. The standard InChI is InChI=1S/C68H44N2O/c1-43-30-36-49(37-31-43)69(50-38-39-62-57(41-50)53-23-10-13-27-61(53)70(62)60-28-15-18-44-16-6-8-22-52(44)60)63-42-59-65(67-66(63)55-25-11-14-29-64(55)71-67)54-24-9-12-26-58(54)68(59,47-19-3-2-4-20-47)48-35-34-46-33-32-45-17-5-7-21-51(45)56(46)40-48/h2-42H,1H3. The van der Waals surface area contributed by atoms with Gasteiger partial charge in [-0.1, -0.05) is 194 Å². The molecule has 15 rings (SSSR count). The molecule has 3 nitrogen and oxygen atoms in total. The molecule has 3 heteroatoms. The molecule has 14 aromatic rings. The van der Waals surface area contributed by atoms with Crippen LogP contribution in [0.5, 0.6) is 0 Å². The molecule has 12 aromatic carbocycles. The zero-order chi connectivity index (χ0) is 46.8. The first-order valence-corrected chi connectivity index (χ1v) is 24.6. The van der Waals surface area contributed by atoms with Crippen molar-refractivity contribution >= 4 is 93.1 Å². The van der Waals surface area contributed by atoms with E-state index in [9.17, 15) is 0 Å². The van der Waals surface area contributed by atoms with Crippen molar-refractivity contribution in [3.05, 3.63) is 277 Å². The molecule has 2 heterocycles. The van der Waals surface area contributed by atoms with Crippen molar-refractivity contribution in [1.29, 1.82) is 0 Å². The predicted octanol–water partition coefficient (Wildman–Crippen LogP) is 18.3. The van der Waals surface area contributed by atoms with Crippen molar-refractivity contribution in [1.82, 2.24) is 4.57 Å². The number of para-hydroxylation sites is 2. The fourth-order valence-electron chi connectivity index (χ4n) is 12.4. The van der Waals surface area contributed by atoms with Gasteiger partial charge >= 0.3 is 0 Å². The van der Waals surface area contributed by atoms with Crippen LogP contribution < -0.4 is 4.90 Å². The fourth-order valence-corrected chi connectivity index (χ4v) is 12.4. The topological polar surface area (TPSA) is 21.3 Å². The van der Waals surface area contributed by atoms with Crippen LogP contribution in [0.2, 0.25) is 0 Å². The van der Waals surface area contributed by atoms with Crippen LogP contribution in [0.4, 0.5) is 17.1 Å². The minimum Gasteiger partial charge on any atom is -0.455 e. The van der Waals surface area contributed by atoms with Gasteiger partial charge < -0.3 is 13.9 Å². The molecule has 0 saturated heterocycles. The number of anilines is 3. The van der Waals surface area contributed by atoms with E-state index in [-0.39, 0.29) is 0 Å². The van der Waals surface area contributed by atoms with E-state index in [1.165, 1.54) is 87.7 Å². The Morgan fingerprint density at radius 2 is 1.04 bits per heavy atom. The summed E-state index contributed by atoms with van der Waals surface area (Å²) in [4.78, 5) is 2.49. The van der Waals surface area contributed by atoms with Gasteiger partial charge in [-0.25, -0.2) is 0 Å². The van der Waals surface area contributed by atoms with E-state index in [2.05, 4.69) is 265 Å². The van der Waals surface area contributed by atoms with Crippen LogP contribution >= 0.6 is 0 Å². The molecule has 71 heavy (non-hydrogen) atoms. The summed E-state index contributed by atoms with van der Waals surface area (Å²) in [6.07, 6.45) is 0. The van der Waals surface area contributed by atoms with Crippen molar-refractivity contribution in [2.24, 2.45) is 0 Å². The molecule has 0 bridgehead atoms. The molecule has 1 aliphatic rings. The van der Waals surface area contributed by atoms with Crippen LogP contribution in [0.1, 0.15) is 27.8 Å². The fraction of sp³-hybridized carbons (Fsp3) is 0.0294. The van der Waals surface area contributed by atoms with E-state index in [0.717, 1.165) is 50.1 Å². The van der Waals surface area contributed by atoms with Gasteiger partial charge in [0.1, 0.15) is 11.2 Å². The summed E-state index contributed by atoms with van der Waals surface area (Å²) in [6, 6.07) is 92.0. The second-order valence-corrected chi connectivity index (χ2v) is 19.2. The van der Waals surface area contributed by atoms with Crippen LogP contribution in [-0.2, 0) is 5.41 Å². The first kappa shape index (κ1) is 39.8. The lowest BCUT2D eigenvalue weighted by Gasteiger charge is -2.35. The Bertz CT molecular complexity index is 4480. The van der Waals surface area contributed by atoms with Gasteiger partial charge in [0.25, 0.3) is 0 Å². The Morgan fingerprint density at radius 3 is 1.89 bits per heavy atom. The van der Waals surface area contributed by atoms with Gasteiger partial charge in [0.05, 0.1) is 33.2 Å². The lowest BCUT2D eigenvalue weighted by atomic mass is 9.67. The molecule has 0 aliphatic heterocycles. The molecule has 0 amide bonds. The number of fused-ring (bicyclic) bond motifs is 14. The van der Waals surface area contributed by atoms with Gasteiger partial charge in [-0.3, -0.25) is 0 Å². The van der Waals surface area contributed by atoms with E-state index in [4.69, 9.17) is 4.42 Å². The highest BCUT2D eigenvalue weighted by atomic mass is 16.3.